The molecule has 290 valence electrons. The van der Waals surface area contributed by atoms with Crippen molar-refractivity contribution in [2.75, 3.05) is 0 Å². The monoisotopic (exact) mass is 804 g/mol. The van der Waals surface area contributed by atoms with Gasteiger partial charge in [-0.25, -0.2) is 0 Å². The molecule has 0 aliphatic carbocycles. The van der Waals surface area contributed by atoms with Crippen LogP contribution in [0.15, 0.2) is 247 Å². The van der Waals surface area contributed by atoms with Gasteiger partial charge < -0.3 is 4.42 Å². The summed E-state index contributed by atoms with van der Waals surface area (Å²) in [6.07, 6.45) is 0. The Balaban J connectivity index is 1.17. The van der Waals surface area contributed by atoms with E-state index in [2.05, 4.69) is 243 Å². The molecule has 1 aromatic heterocycles. The zero-order valence-electron chi connectivity index (χ0n) is 34.0. The molecule has 0 aliphatic heterocycles. The molecule has 0 unspecified atom stereocenters. The second-order valence-electron chi connectivity index (χ2n) is 16.3. The molecule has 0 saturated heterocycles. The van der Waals surface area contributed by atoms with Crippen molar-refractivity contribution in [1.29, 1.82) is 0 Å². The van der Waals surface area contributed by atoms with Crippen molar-refractivity contribution in [1.82, 2.24) is 0 Å². The van der Waals surface area contributed by atoms with Gasteiger partial charge in [0.15, 0.2) is 8.07 Å². The van der Waals surface area contributed by atoms with Gasteiger partial charge in [0.25, 0.3) is 0 Å². The molecule has 2 heteroatoms. The first-order valence-corrected chi connectivity index (χ1v) is 23.4. The first-order chi connectivity index (χ1) is 30.8. The smallest absolute Gasteiger partial charge is 0.179 e. The Morgan fingerprint density at radius 3 is 1.31 bits per heavy atom. The predicted octanol–water partition coefficient (Wildman–Crippen LogP) is 13.4. The van der Waals surface area contributed by atoms with E-state index in [4.69, 9.17) is 4.42 Å². The van der Waals surface area contributed by atoms with E-state index in [1.165, 1.54) is 86.4 Å². The van der Waals surface area contributed by atoms with Gasteiger partial charge >= 0.3 is 0 Å². The van der Waals surface area contributed by atoms with Gasteiger partial charge in [0.2, 0.25) is 0 Å². The summed E-state index contributed by atoms with van der Waals surface area (Å²) in [6, 6.07) is 89.4. The van der Waals surface area contributed by atoms with Crippen LogP contribution >= 0.6 is 0 Å². The van der Waals surface area contributed by atoms with Gasteiger partial charge in [0, 0.05) is 10.8 Å². The summed E-state index contributed by atoms with van der Waals surface area (Å²) in [5, 5.41) is 14.9. The number of hydrogen-bond acceptors (Lipinski definition) is 1. The summed E-state index contributed by atoms with van der Waals surface area (Å²) in [6.45, 7) is 0. The first kappa shape index (κ1) is 36.1. The van der Waals surface area contributed by atoms with Gasteiger partial charge in [0.1, 0.15) is 11.2 Å². The largest absolute Gasteiger partial charge is 0.456 e. The zero-order chi connectivity index (χ0) is 41.0. The van der Waals surface area contributed by atoms with E-state index in [-0.39, 0.29) is 0 Å². The Bertz CT molecular complexity index is 3450. The van der Waals surface area contributed by atoms with E-state index < -0.39 is 8.07 Å². The summed E-state index contributed by atoms with van der Waals surface area (Å²) in [7, 11) is -2.94. The Kier molecular flexibility index (Phi) is 8.58. The normalized spacial score (nSPS) is 11.9. The average molecular weight is 805 g/mol. The molecular weight excluding hydrogens is 765 g/mol. The fourth-order valence-corrected chi connectivity index (χ4v) is 15.1. The molecule has 0 fully saturated rings. The Labute approximate surface area is 361 Å². The number of para-hydroxylation sites is 1. The summed E-state index contributed by atoms with van der Waals surface area (Å²) >= 11 is 0. The molecule has 0 bridgehead atoms. The van der Waals surface area contributed by atoms with Crippen LogP contribution in [0.25, 0.3) is 87.6 Å². The van der Waals surface area contributed by atoms with Gasteiger partial charge in [-0.15, -0.1) is 0 Å². The average Bonchev–Trinajstić information content (AvgIpc) is 3.73. The van der Waals surface area contributed by atoms with Crippen LogP contribution in [0.4, 0.5) is 0 Å². The maximum atomic E-state index is 6.97. The molecule has 0 saturated carbocycles. The molecular formula is C60H40OSi. The second kappa shape index (κ2) is 14.7. The maximum Gasteiger partial charge on any atom is 0.179 e. The van der Waals surface area contributed by atoms with E-state index in [1.807, 2.05) is 0 Å². The van der Waals surface area contributed by atoms with Crippen molar-refractivity contribution in [3.05, 3.63) is 243 Å². The highest BCUT2D eigenvalue weighted by Gasteiger charge is 2.42. The molecule has 0 atom stereocenters. The van der Waals surface area contributed by atoms with Crippen LogP contribution in [-0.2, 0) is 0 Å². The number of benzene rings is 11. The number of rotatable bonds is 7. The fraction of sp³-hybridized carbons (Fsp3) is 0. The lowest BCUT2D eigenvalue weighted by Gasteiger charge is -2.35. The molecule has 0 aliphatic rings. The Hall–Kier alpha value is -7.78. The molecule has 12 aromatic rings. The lowest BCUT2D eigenvalue weighted by Crippen LogP contribution is -2.74. The molecule has 1 heterocycles. The molecule has 0 N–H and O–H groups in total. The van der Waals surface area contributed by atoms with Gasteiger partial charge in [0.05, 0.1) is 0 Å². The minimum absolute atomic E-state index is 0.892. The Morgan fingerprint density at radius 1 is 0.274 bits per heavy atom. The number of furan rings is 1. The van der Waals surface area contributed by atoms with Crippen molar-refractivity contribution in [2.45, 2.75) is 0 Å². The van der Waals surface area contributed by atoms with E-state index in [1.54, 1.807) is 0 Å². The second-order valence-corrected chi connectivity index (χ2v) is 20.1. The van der Waals surface area contributed by atoms with E-state index in [0.717, 1.165) is 21.9 Å². The van der Waals surface area contributed by atoms with Gasteiger partial charge in [-0.05, 0) is 98.6 Å². The molecule has 62 heavy (non-hydrogen) atoms. The predicted molar refractivity (Wildman–Crippen MR) is 266 cm³/mol. The number of hydrogen-bond donors (Lipinski definition) is 0. The first-order valence-electron chi connectivity index (χ1n) is 21.4. The van der Waals surface area contributed by atoms with E-state index >= 15 is 0 Å². The topological polar surface area (TPSA) is 13.1 Å². The van der Waals surface area contributed by atoms with Crippen molar-refractivity contribution >= 4 is 83.1 Å². The summed E-state index contributed by atoms with van der Waals surface area (Å²) in [4.78, 5) is 0. The van der Waals surface area contributed by atoms with Crippen molar-refractivity contribution in [2.24, 2.45) is 0 Å². The third-order valence-electron chi connectivity index (χ3n) is 13.0. The van der Waals surface area contributed by atoms with Crippen LogP contribution in [0.2, 0.25) is 0 Å². The number of fused-ring (bicyclic) bond motifs is 6. The van der Waals surface area contributed by atoms with Crippen LogP contribution in [0.3, 0.4) is 0 Å². The Morgan fingerprint density at radius 2 is 0.726 bits per heavy atom. The fourth-order valence-electron chi connectivity index (χ4n) is 10.4. The molecule has 1 nitrogen and oxygen atoms in total. The van der Waals surface area contributed by atoms with Crippen LogP contribution < -0.4 is 20.7 Å². The highest BCUT2D eigenvalue weighted by Crippen LogP contribution is 2.47. The lowest BCUT2D eigenvalue weighted by molar-refractivity contribution is 0.669. The maximum absolute atomic E-state index is 6.97. The summed E-state index contributed by atoms with van der Waals surface area (Å²) in [5.74, 6) is 0. The van der Waals surface area contributed by atoms with Crippen molar-refractivity contribution in [3.8, 4) is 33.4 Å². The van der Waals surface area contributed by atoms with E-state index in [0.29, 0.717) is 0 Å². The standard InChI is InChI=1S/C60H40OSi/c1-4-21-44(22-5-1)62(45-23-6-2-7-24-45,46-25-8-3-9-26-46)47-39-55(60-54-32-16-17-34-56(54)61-57(60)40-47)59-52-30-14-12-28-50(52)58(51-29-13-15-31-53(51)59)43-37-35-42(36-38-43)49-33-18-20-41-19-10-11-27-48(41)49/h1-40H. The third kappa shape index (κ3) is 5.61. The van der Waals surface area contributed by atoms with Crippen LogP contribution in [0, 0.1) is 0 Å². The lowest BCUT2D eigenvalue weighted by atomic mass is 9.84. The zero-order valence-corrected chi connectivity index (χ0v) is 35.0. The summed E-state index contributed by atoms with van der Waals surface area (Å²) < 4.78 is 6.97. The quantitative estimate of drug-likeness (QED) is 0.0888. The van der Waals surface area contributed by atoms with E-state index in [9.17, 15) is 0 Å². The third-order valence-corrected chi connectivity index (χ3v) is 17.8. The van der Waals surface area contributed by atoms with Gasteiger partial charge in [-0.1, -0.05) is 231 Å². The van der Waals surface area contributed by atoms with Crippen LogP contribution in [0.5, 0.6) is 0 Å². The minimum atomic E-state index is -2.94. The summed E-state index contributed by atoms with van der Waals surface area (Å²) in [5.41, 5.74) is 9.11. The molecule has 12 rings (SSSR count). The highest BCUT2D eigenvalue weighted by molar-refractivity contribution is 7.20. The molecule has 11 aromatic carbocycles. The minimum Gasteiger partial charge on any atom is -0.456 e. The van der Waals surface area contributed by atoms with Gasteiger partial charge in [-0.2, -0.15) is 0 Å². The van der Waals surface area contributed by atoms with Crippen molar-refractivity contribution < 1.29 is 4.42 Å². The molecule has 0 amide bonds. The molecule has 0 radical (unpaired) electrons. The molecule has 0 spiro atoms. The highest BCUT2D eigenvalue weighted by atomic mass is 28.3. The van der Waals surface area contributed by atoms with Crippen LogP contribution in [0.1, 0.15) is 0 Å². The van der Waals surface area contributed by atoms with Crippen LogP contribution in [-0.4, -0.2) is 8.07 Å². The van der Waals surface area contributed by atoms with Gasteiger partial charge in [-0.3, -0.25) is 0 Å². The SMILES string of the molecule is c1ccc([Si](c2ccccc2)(c2ccccc2)c2cc(-c3c4ccccc4c(-c4ccc(-c5cccc6ccccc56)cc4)c4ccccc34)c3c(c2)oc2ccccc23)cc1. The van der Waals surface area contributed by atoms with Crippen molar-refractivity contribution in [3.63, 3.8) is 0 Å².